The number of benzene rings is 2. The summed E-state index contributed by atoms with van der Waals surface area (Å²) in [5, 5.41) is 9.55. The Morgan fingerprint density at radius 3 is 1.48 bits per heavy atom. The Balaban J connectivity index is 1.67. The number of nitrogens with zero attached hydrogens (tertiary/aromatic N) is 1. The van der Waals surface area contributed by atoms with Crippen molar-refractivity contribution < 1.29 is 40.9 Å². The van der Waals surface area contributed by atoms with Gasteiger partial charge in [0.15, 0.2) is 0 Å². The van der Waals surface area contributed by atoms with E-state index in [0.717, 1.165) is 24.3 Å². The average molecular weight is 447 g/mol. The van der Waals surface area contributed by atoms with Crippen molar-refractivity contribution in [2.24, 2.45) is 0 Å². The lowest BCUT2D eigenvalue weighted by molar-refractivity contribution is -0.138. The van der Waals surface area contributed by atoms with E-state index in [-0.39, 0.29) is 26.2 Å². The lowest BCUT2D eigenvalue weighted by Gasteiger charge is -2.34. The van der Waals surface area contributed by atoms with E-state index in [1.54, 1.807) is 4.90 Å². The Hall–Kier alpha value is -2.14. The van der Waals surface area contributed by atoms with E-state index in [2.05, 4.69) is 0 Å². The van der Waals surface area contributed by atoms with Crippen LogP contribution in [0.4, 0.5) is 26.3 Å². The molecule has 0 radical (unpaired) electrons. The molecule has 168 valence electrons. The highest BCUT2D eigenvalue weighted by Gasteiger charge is 2.56. The second-order valence-electron chi connectivity index (χ2n) is 7.67. The molecule has 2 fully saturated rings. The van der Waals surface area contributed by atoms with Crippen molar-refractivity contribution >= 4 is 0 Å². The van der Waals surface area contributed by atoms with Gasteiger partial charge in [0.1, 0.15) is 12.5 Å². The van der Waals surface area contributed by atoms with Gasteiger partial charge in [0, 0.05) is 6.61 Å². The smallest absolute Gasteiger partial charge is 0.396 e. The highest BCUT2D eigenvalue weighted by molar-refractivity contribution is 5.30. The maximum absolute atomic E-state index is 12.9. The number of alkyl halides is 6. The third-order valence-corrected chi connectivity index (χ3v) is 5.70. The first-order valence-electron chi connectivity index (χ1n) is 9.52. The van der Waals surface area contributed by atoms with E-state index in [1.165, 1.54) is 24.3 Å². The van der Waals surface area contributed by atoms with E-state index >= 15 is 0 Å². The van der Waals surface area contributed by atoms with Crippen LogP contribution in [0.2, 0.25) is 0 Å². The molecule has 10 heteroatoms. The zero-order valence-electron chi connectivity index (χ0n) is 16.1. The first-order chi connectivity index (χ1) is 14.5. The van der Waals surface area contributed by atoms with Gasteiger partial charge in [-0.15, -0.1) is 0 Å². The predicted molar refractivity (Wildman–Crippen MR) is 96.5 cm³/mol. The van der Waals surface area contributed by atoms with Gasteiger partial charge in [-0.25, -0.2) is 4.90 Å². The predicted octanol–water partition coefficient (Wildman–Crippen LogP) is 4.91. The SMILES string of the molecule is OCC[C@]12COC(c3ccc(C(F)(F)F)cc3)N1[C@H](c1ccc(C(F)(F)F)cc1)OC2. The molecule has 3 atom stereocenters. The topological polar surface area (TPSA) is 41.9 Å². The van der Waals surface area contributed by atoms with Gasteiger partial charge in [-0.3, -0.25) is 0 Å². The van der Waals surface area contributed by atoms with Crippen LogP contribution in [-0.2, 0) is 21.8 Å². The van der Waals surface area contributed by atoms with Crippen molar-refractivity contribution in [1.29, 1.82) is 0 Å². The molecule has 0 spiro atoms. The summed E-state index contributed by atoms with van der Waals surface area (Å²) < 4.78 is 89.2. The van der Waals surface area contributed by atoms with Crippen LogP contribution in [0.5, 0.6) is 0 Å². The molecule has 2 aliphatic rings. The van der Waals surface area contributed by atoms with Crippen LogP contribution in [0.3, 0.4) is 0 Å². The number of rotatable bonds is 4. The molecule has 2 saturated heterocycles. The number of hydrogen-bond acceptors (Lipinski definition) is 4. The molecule has 1 unspecified atom stereocenters. The molecule has 0 aliphatic carbocycles. The monoisotopic (exact) mass is 447 g/mol. The molecule has 2 aromatic carbocycles. The van der Waals surface area contributed by atoms with Crippen molar-refractivity contribution in [2.45, 2.75) is 36.8 Å². The van der Waals surface area contributed by atoms with Gasteiger partial charge in [-0.05, 0) is 41.8 Å². The van der Waals surface area contributed by atoms with E-state index < -0.39 is 41.5 Å². The number of aliphatic hydroxyl groups excluding tert-OH is 1. The summed E-state index contributed by atoms with van der Waals surface area (Å²) in [7, 11) is 0. The summed E-state index contributed by atoms with van der Waals surface area (Å²) in [4.78, 5) is 1.79. The quantitative estimate of drug-likeness (QED) is 0.677. The number of aliphatic hydroxyl groups is 1. The van der Waals surface area contributed by atoms with Crippen LogP contribution < -0.4 is 0 Å². The maximum Gasteiger partial charge on any atom is 0.416 e. The Labute approximate surface area is 174 Å². The summed E-state index contributed by atoms with van der Waals surface area (Å²) in [6.45, 7) is 0.148. The first kappa shape index (κ1) is 22.1. The molecule has 2 heterocycles. The fourth-order valence-electron chi connectivity index (χ4n) is 4.11. The minimum absolute atomic E-state index is 0.163. The normalized spacial score (nSPS) is 26.9. The number of ether oxygens (including phenoxy) is 2. The van der Waals surface area contributed by atoms with Crippen LogP contribution in [0.15, 0.2) is 48.5 Å². The number of fused-ring (bicyclic) bond motifs is 1. The Morgan fingerprint density at radius 2 is 1.16 bits per heavy atom. The van der Waals surface area contributed by atoms with E-state index in [9.17, 15) is 31.4 Å². The van der Waals surface area contributed by atoms with Gasteiger partial charge in [0.2, 0.25) is 0 Å². The molecule has 0 bridgehead atoms. The van der Waals surface area contributed by atoms with Crippen molar-refractivity contribution in [3.05, 3.63) is 70.8 Å². The van der Waals surface area contributed by atoms with Crippen LogP contribution in [0, 0.1) is 0 Å². The molecule has 1 N–H and O–H groups in total. The summed E-state index contributed by atoms with van der Waals surface area (Å²) in [6.07, 6.45) is -10.2. The van der Waals surface area contributed by atoms with Crippen molar-refractivity contribution in [1.82, 2.24) is 4.90 Å². The van der Waals surface area contributed by atoms with Crippen molar-refractivity contribution in [2.75, 3.05) is 19.8 Å². The Morgan fingerprint density at radius 1 is 0.774 bits per heavy atom. The van der Waals surface area contributed by atoms with Crippen LogP contribution >= 0.6 is 0 Å². The molecule has 2 aromatic rings. The van der Waals surface area contributed by atoms with Gasteiger partial charge in [-0.1, -0.05) is 24.3 Å². The van der Waals surface area contributed by atoms with E-state index in [4.69, 9.17) is 9.47 Å². The Kier molecular flexibility index (Phi) is 5.53. The van der Waals surface area contributed by atoms with Gasteiger partial charge in [-0.2, -0.15) is 26.3 Å². The number of hydrogen-bond donors (Lipinski definition) is 1. The third-order valence-electron chi connectivity index (χ3n) is 5.70. The molecular formula is C21H19F6NO3. The lowest BCUT2D eigenvalue weighted by atomic mass is 9.96. The van der Waals surface area contributed by atoms with Crippen molar-refractivity contribution in [3.8, 4) is 0 Å². The van der Waals surface area contributed by atoms with Gasteiger partial charge < -0.3 is 14.6 Å². The second-order valence-corrected chi connectivity index (χ2v) is 7.67. The van der Waals surface area contributed by atoms with Crippen LogP contribution in [0.1, 0.15) is 41.1 Å². The zero-order valence-corrected chi connectivity index (χ0v) is 16.1. The first-order valence-corrected chi connectivity index (χ1v) is 9.52. The van der Waals surface area contributed by atoms with Crippen molar-refractivity contribution in [3.63, 3.8) is 0 Å². The molecular weight excluding hydrogens is 428 g/mol. The van der Waals surface area contributed by atoms with Crippen LogP contribution in [0.25, 0.3) is 0 Å². The standard InChI is InChI=1S/C21H19F6NO3/c22-20(23,24)15-5-1-13(2-6-15)17-28-18(31-12-19(28,9-10-29)11-30-17)14-3-7-16(8-4-14)21(25,26)27/h1-8,17-18,29H,9-12H2/t17-,18?,19-/m0/s1. The molecule has 0 amide bonds. The fraction of sp³-hybridized carbons (Fsp3) is 0.429. The maximum atomic E-state index is 12.9. The molecule has 0 aromatic heterocycles. The minimum atomic E-state index is -4.48. The highest BCUT2D eigenvalue weighted by atomic mass is 19.4. The summed E-state index contributed by atoms with van der Waals surface area (Å²) in [5.74, 6) is 0. The van der Waals surface area contributed by atoms with E-state index in [1.807, 2.05) is 0 Å². The molecule has 0 saturated carbocycles. The van der Waals surface area contributed by atoms with Crippen LogP contribution in [-0.4, -0.2) is 35.4 Å². The second kappa shape index (κ2) is 7.77. The van der Waals surface area contributed by atoms with Gasteiger partial charge in [0.25, 0.3) is 0 Å². The summed E-state index contributed by atoms with van der Waals surface area (Å²) in [6, 6.07) is 9.05. The lowest BCUT2D eigenvalue weighted by Crippen LogP contribution is -2.45. The van der Waals surface area contributed by atoms with Gasteiger partial charge >= 0.3 is 12.4 Å². The van der Waals surface area contributed by atoms with E-state index in [0.29, 0.717) is 11.1 Å². The summed E-state index contributed by atoms with van der Waals surface area (Å²) >= 11 is 0. The molecule has 2 aliphatic heterocycles. The average Bonchev–Trinajstić information content (AvgIpc) is 3.24. The number of halogens is 6. The zero-order chi connectivity index (χ0) is 22.4. The highest BCUT2D eigenvalue weighted by Crippen LogP contribution is 2.50. The summed E-state index contributed by atoms with van der Waals surface area (Å²) in [5.41, 5.74) is -1.43. The molecule has 4 rings (SSSR count). The van der Waals surface area contributed by atoms with Gasteiger partial charge in [0.05, 0.1) is 29.9 Å². The largest absolute Gasteiger partial charge is 0.416 e. The molecule has 4 nitrogen and oxygen atoms in total. The third kappa shape index (κ3) is 4.05. The fourth-order valence-corrected chi connectivity index (χ4v) is 4.11. The Bertz CT molecular complexity index is 841. The minimum Gasteiger partial charge on any atom is -0.396 e. The molecule has 31 heavy (non-hydrogen) atoms.